The third kappa shape index (κ3) is 5.70. The fraction of sp³-hybridized carbons (Fsp3) is 0.478. The number of nitrogens with one attached hydrogen (secondary N) is 1. The third-order valence-corrected chi connectivity index (χ3v) is 6.77. The van der Waals surface area contributed by atoms with Gasteiger partial charge in [0.25, 0.3) is 0 Å². The van der Waals surface area contributed by atoms with E-state index in [4.69, 9.17) is 4.74 Å². The first kappa shape index (κ1) is 23.8. The van der Waals surface area contributed by atoms with Crippen LogP contribution in [0.4, 0.5) is 0 Å². The van der Waals surface area contributed by atoms with E-state index in [-0.39, 0.29) is 5.75 Å². The van der Waals surface area contributed by atoms with E-state index in [0.29, 0.717) is 25.2 Å². The second-order valence-electron chi connectivity index (χ2n) is 7.92. The fourth-order valence-electron chi connectivity index (χ4n) is 4.04. The monoisotopic (exact) mass is 460 g/mol. The molecule has 8 nitrogen and oxygen atoms in total. The van der Waals surface area contributed by atoms with Gasteiger partial charge in [0.2, 0.25) is 5.91 Å². The van der Waals surface area contributed by atoms with Gasteiger partial charge in [0.1, 0.15) is 11.8 Å². The van der Waals surface area contributed by atoms with Crippen LogP contribution in [0.5, 0.6) is 5.75 Å². The number of hydrogen-bond donors (Lipinski definition) is 3. The molecule has 1 aliphatic rings. The van der Waals surface area contributed by atoms with Crippen LogP contribution in [0.15, 0.2) is 29.2 Å². The van der Waals surface area contributed by atoms with Crippen molar-refractivity contribution in [2.45, 2.75) is 50.5 Å². The van der Waals surface area contributed by atoms with Crippen molar-refractivity contribution in [3.63, 3.8) is 0 Å². The van der Waals surface area contributed by atoms with Crippen LogP contribution in [-0.4, -0.2) is 51.4 Å². The van der Waals surface area contributed by atoms with Gasteiger partial charge < -0.3 is 20.3 Å². The minimum atomic E-state index is -1.15. The number of carboxylic acid groups (broad SMARTS) is 2. The minimum Gasteiger partial charge on any atom is -0.494 e. The van der Waals surface area contributed by atoms with Crippen molar-refractivity contribution in [1.29, 1.82) is 0 Å². The highest BCUT2D eigenvalue weighted by Gasteiger charge is 2.37. The number of hydrogen-bond acceptors (Lipinski definition) is 6. The van der Waals surface area contributed by atoms with Crippen LogP contribution >= 0.6 is 11.8 Å². The van der Waals surface area contributed by atoms with E-state index < -0.39 is 35.7 Å². The van der Waals surface area contributed by atoms with Crippen LogP contribution in [0.3, 0.4) is 0 Å². The Morgan fingerprint density at radius 1 is 1.19 bits per heavy atom. The number of pyridine rings is 1. The Morgan fingerprint density at radius 3 is 2.56 bits per heavy atom. The second kappa shape index (κ2) is 10.7. The average Bonchev–Trinajstić information content (AvgIpc) is 2.76. The summed E-state index contributed by atoms with van der Waals surface area (Å²) in [4.78, 5) is 41.5. The van der Waals surface area contributed by atoms with Crippen molar-refractivity contribution >= 4 is 40.5 Å². The van der Waals surface area contributed by atoms with Gasteiger partial charge >= 0.3 is 11.9 Å². The predicted molar refractivity (Wildman–Crippen MR) is 121 cm³/mol. The first-order chi connectivity index (χ1) is 15.3. The number of ether oxygens (including phenoxy) is 1. The smallest absolute Gasteiger partial charge is 0.327 e. The number of fused-ring (bicyclic) bond motifs is 1. The molecule has 1 aromatic heterocycles. The molecule has 3 N–H and O–H groups in total. The maximum atomic E-state index is 12.7. The van der Waals surface area contributed by atoms with Crippen LogP contribution in [0, 0.1) is 18.8 Å². The maximum Gasteiger partial charge on any atom is 0.327 e. The zero-order valence-corrected chi connectivity index (χ0v) is 19.0. The molecule has 0 bridgehead atoms. The normalized spacial score (nSPS) is 19.3. The van der Waals surface area contributed by atoms with E-state index in [2.05, 4.69) is 10.3 Å². The molecule has 32 heavy (non-hydrogen) atoms. The number of rotatable bonds is 9. The van der Waals surface area contributed by atoms with Crippen LogP contribution in [0.25, 0.3) is 10.9 Å². The number of carbonyl (C=O) groups excluding carboxylic acids is 1. The van der Waals surface area contributed by atoms with Gasteiger partial charge in [-0.2, -0.15) is 0 Å². The van der Waals surface area contributed by atoms with E-state index in [1.807, 2.05) is 38.1 Å². The highest BCUT2D eigenvalue weighted by Crippen LogP contribution is 2.32. The van der Waals surface area contributed by atoms with Gasteiger partial charge in [0.05, 0.1) is 24.0 Å². The molecule has 1 fully saturated rings. The molecule has 3 rings (SSSR count). The first-order valence-corrected chi connectivity index (χ1v) is 11.7. The summed E-state index contributed by atoms with van der Waals surface area (Å²) < 4.78 is 5.58. The van der Waals surface area contributed by atoms with E-state index in [0.717, 1.165) is 34.3 Å². The summed E-state index contributed by atoms with van der Waals surface area (Å²) in [5.74, 6) is -3.33. The standard InChI is InChI=1S/C23H28N2O6S/c1-3-31-14-8-9-18-17(11-14)20(10-13(2)24-18)32-12-19(23(29)30)25-21(26)15-6-4-5-7-16(15)22(27)28/h8-11,15-16,19H,3-7,12H2,1-2H3,(H,25,26)(H,27,28)(H,29,30). The SMILES string of the molecule is CCOc1ccc2nc(C)cc(SCC(NC(=O)C3CCCCC3C(=O)O)C(=O)O)c2c1. The number of benzene rings is 1. The zero-order chi connectivity index (χ0) is 23.3. The molecule has 2 aromatic rings. The molecule has 0 saturated heterocycles. The molecule has 1 aromatic carbocycles. The molecule has 3 unspecified atom stereocenters. The van der Waals surface area contributed by atoms with Gasteiger partial charge in [-0.1, -0.05) is 12.8 Å². The van der Waals surface area contributed by atoms with E-state index >= 15 is 0 Å². The Labute approximate surface area is 190 Å². The molecule has 1 aliphatic carbocycles. The fourth-order valence-corrected chi connectivity index (χ4v) is 5.19. The van der Waals surface area contributed by atoms with Crippen molar-refractivity contribution in [1.82, 2.24) is 10.3 Å². The van der Waals surface area contributed by atoms with Crippen LogP contribution in [-0.2, 0) is 14.4 Å². The Kier molecular flexibility index (Phi) is 7.95. The number of carboxylic acids is 2. The number of aryl methyl sites for hydroxylation is 1. The van der Waals surface area contributed by atoms with Gasteiger partial charge in [0.15, 0.2) is 0 Å². The molecule has 1 amide bonds. The molecule has 3 atom stereocenters. The van der Waals surface area contributed by atoms with E-state index in [9.17, 15) is 24.6 Å². The topological polar surface area (TPSA) is 126 Å². The highest BCUT2D eigenvalue weighted by atomic mass is 32.2. The van der Waals surface area contributed by atoms with Crippen molar-refractivity contribution in [3.05, 3.63) is 30.0 Å². The number of aliphatic carboxylic acids is 2. The molecule has 0 radical (unpaired) electrons. The Morgan fingerprint density at radius 2 is 1.91 bits per heavy atom. The second-order valence-corrected chi connectivity index (χ2v) is 8.98. The Balaban J connectivity index is 1.76. The Hall–Kier alpha value is -2.81. The van der Waals surface area contributed by atoms with Crippen LogP contribution in [0.1, 0.15) is 38.3 Å². The number of thioether (sulfide) groups is 1. The van der Waals surface area contributed by atoms with Gasteiger partial charge in [-0.15, -0.1) is 11.8 Å². The van der Waals surface area contributed by atoms with Crippen LogP contribution < -0.4 is 10.1 Å². The summed E-state index contributed by atoms with van der Waals surface area (Å²) in [6.45, 7) is 4.29. The van der Waals surface area contributed by atoms with Gasteiger partial charge in [0, 0.05) is 21.7 Å². The zero-order valence-electron chi connectivity index (χ0n) is 18.2. The molecule has 172 valence electrons. The summed E-state index contributed by atoms with van der Waals surface area (Å²) in [6.07, 6.45) is 2.41. The lowest BCUT2D eigenvalue weighted by atomic mass is 9.78. The van der Waals surface area contributed by atoms with E-state index in [1.165, 1.54) is 11.8 Å². The summed E-state index contributed by atoms with van der Waals surface area (Å²) in [5, 5.41) is 22.5. The minimum absolute atomic E-state index is 0.100. The summed E-state index contributed by atoms with van der Waals surface area (Å²) >= 11 is 1.32. The van der Waals surface area contributed by atoms with Gasteiger partial charge in [-0.25, -0.2) is 4.79 Å². The summed E-state index contributed by atoms with van der Waals surface area (Å²) in [6, 6.07) is 6.33. The number of amides is 1. The quantitative estimate of drug-likeness (QED) is 0.486. The molecule has 1 saturated carbocycles. The molecule has 9 heteroatoms. The van der Waals surface area contributed by atoms with Crippen molar-refractivity contribution in [3.8, 4) is 5.75 Å². The van der Waals surface area contributed by atoms with Gasteiger partial charge in [-0.3, -0.25) is 14.6 Å². The maximum absolute atomic E-state index is 12.7. The molecular formula is C23H28N2O6S. The molecule has 0 spiro atoms. The largest absolute Gasteiger partial charge is 0.494 e. The molecular weight excluding hydrogens is 432 g/mol. The number of aromatic nitrogens is 1. The number of nitrogens with zero attached hydrogens (tertiary/aromatic N) is 1. The van der Waals surface area contributed by atoms with Crippen molar-refractivity contribution < 1.29 is 29.3 Å². The predicted octanol–water partition coefficient (Wildman–Crippen LogP) is 3.49. The van der Waals surface area contributed by atoms with Crippen molar-refractivity contribution in [2.24, 2.45) is 11.8 Å². The highest BCUT2D eigenvalue weighted by molar-refractivity contribution is 7.99. The molecule has 0 aliphatic heterocycles. The van der Waals surface area contributed by atoms with Crippen molar-refractivity contribution in [2.75, 3.05) is 12.4 Å². The first-order valence-electron chi connectivity index (χ1n) is 10.7. The summed E-state index contributed by atoms with van der Waals surface area (Å²) in [7, 11) is 0. The average molecular weight is 461 g/mol. The summed E-state index contributed by atoms with van der Waals surface area (Å²) in [5.41, 5.74) is 1.57. The van der Waals surface area contributed by atoms with Crippen LogP contribution in [0.2, 0.25) is 0 Å². The van der Waals surface area contributed by atoms with E-state index in [1.54, 1.807) is 0 Å². The number of carbonyl (C=O) groups is 3. The molecule has 1 heterocycles. The lowest BCUT2D eigenvalue weighted by Crippen LogP contribution is -2.48. The lowest BCUT2D eigenvalue weighted by molar-refractivity contribution is -0.149. The Bertz CT molecular complexity index is 1010. The third-order valence-electron chi connectivity index (χ3n) is 5.62. The lowest BCUT2D eigenvalue weighted by Gasteiger charge is -2.28. The van der Waals surface area contributed by atoms with Gasteiger partial charge in [-0.05, 0) is 51.0 Å².